The first kappa shape index (κ1) is 13.7. The highest BCUT2D eigenvalue weighted by Crippen LogP contribution is 2.19. The third kappa shape index (κ3) is 5.63. The smallest absolute Gasteiger partial charge is 0.233 e. The molecule has 0 spiro atoms. The maximum atomic E-state index is 11.4. The van der Waals surface area contributed by atoms with Crippen LogP contribution in [0, 0.1) is 0 Å². The summed E-state index contributed by atoms with van der Waals surface area (Å²) >= 11 is 5.11. The van der Waals surface area contributed by atoms with Crippen LogP contribution in [0.5, 0.6) is 0 Å². The lowest BCUT2D eigenvalue weighted by Crippen LogP contribution is -2.37. The van der Waals surface area contributed by atoms with Crippen molar-refractivity contribution in [3.05, 3.63) is 20.8 Å². The van der Waals surface area contributed by atoms with Crippen LogP contribution >= 0.6 is 27.3 Å². The molecule has 2 N–H and O–H groups in total. The number of nitrogens with one attached hydrogen (secondary N) is 2. The van der Waals surface area contributed by atoms with Crippen molar-refractivity contribution in [1.29, 1.82) is 0 Å². The van der Waals surface area contributed by atoms with E-state index in [-0.39, 0.29) is 5.91 Å². The number of rotatable bonds is 6. The predicted molar refractivity (Wildman–Crippen MR) is 71.9 cm³/mol. The summed E-state index contributed by atoms with van der Waals surface area (Å²) < 4.78 is 1.11. The Morgan fingerprint density at radius 2 is 2.31 bits per heavy atom. The zero-order chi connectivity index (χ0) is 12.0. The Labute approximate surface area is 109 Å². The molecular formula is C11H17BrN2OS. The van der Waals surface area contributed by atoms with Gasteiger partial charge in [-0.25, -0.2) is 0 Å². The molecule has 0 unspecified atom stereocenters. The molecule has 90 valence electrons. The van der Waals surface area contributed by atoms with Gasteiger partial charge in [-0.1, -0.05) is 13.8 Å². The zero-order valence-electron chi connectivity index (χ0n) is 9.55. The van der Waals surface area contributed by atoms with Crippen molar-refractivity contribution in [2.45, 2.75) is 26.3 Å². The van der Waals surface area contributed by atoms with Crippen LogP contribution in [0.2, 0.25) is 0 Å². The van der Waals surface area contributed by atoms with Crippen LogP contribution in [0.3, 0.4) is 0 Å². The maximum absolute atomic E-state index is 11.4. The summed E-state index contributed by atoms with van der Waals surface area (Å²) in [6.45, 7) is 5.14. The van der Waals surface area contributed by atoms with Gasteiger partial charge in [-0.3, -0.25) is 4.79 Å². The molecule has 0 aliphatic rings. The molecule has 1 aromatic heterocycles. The lowest BCUT2D eigenvalue weighted by molar-refractivity contribution is -0.120. The van der Waals surface area contributed by atoms with Crippen LogP contribution in [0.4, 0.5) is 0 Å². The molecule has 5 heteroatoms. The largest absolute Gasteiger partial charge is 0.355 e. The van der Waals surface area contributed by atoms with Gasteiger partial charge in [0.2, 0.25) is 5.91 Å². The summed E-state index contributed by atoms with van der Waals surface area (Å²) in [5.74, 6) is 0.0596. The van der Waals surface area contributed by atoms with E-state index in [0.29, 0.717) is 19.1 Å². The fraction of sp³-hybridized carbons (Fsp3) is 0.545. The maximum Gasteiger partial charge on any atom is 0.233 e. The molecule has 1 heterocycles. The summed E-state index contributed by atoms with van der Waals surface area (Å²) in [7, 11) is 0. The molecular weight excluding hydrogens is 288 g/mol. The fourth-order valence-electron chi connectivity index (χ4n) is 1.17. The van der Waals surface area contributed by atoms with E-state index < -0.39 is 0 Å². The van der Waals surface area contributed by atoms with E-state index in [9.17, 15) is 4.79 Å². The van der Waals surface area contributed by atoms with Crippen molar-refractivity contribution in [1.82, 2.24) is 10.6 Å². The molecule has 1 amide bonds. The summed E-state index contributed by atoms with van der Waals surface area (Å²) in [6, 6.07) is 2.43. The molecule has 0 aromatic carbocycles. The first-order valence-electron chi connectivity index (χ1n) is 5.31. The minimum atomic E-state index is 0.0596. The van der Waals surface area contributed by atoms with E-state index in [0.717, 1.165) is 10.9 Å². The van der Waals surface area contributed by atoms with Gasteiger partial charge in [-0.05, 0) is 28.4 Å². The van der Waals surface area contributed by atoms with Crippen LogP contribution < -0.4 is 10.6 Å². The highest BCUT2D eigenvalue weighted by Gasteiger charge is 2.02. The third-order valence-electron chi connectivity index (χ3n) is 1.99. The van der Waals surface area contributed by atoms with E-state index >= 15 is 0 Å². The van der Waals surface area contributed by atoms with Gasteiger partial charge in [0.25, 0.3) is 0 Å². The minimum absolute atomic E-state index is 0.0596. The molecule has 0 atom stereocenters. The summed E-state index contributed by atoms with van der Waals surface area (Å²) in [6.07, 6.45) is 0.893. The highest BCUT2D eigenvalue weighted by atomic mass is 79.9. The molecule has 1 aromatic rings. The van der Waals surface area contributed by atoms with Gasteiger partial charge >= 0.3 is 0 Å². The van der Waals surface area contributed by atoms with Gasteiger partial charge in [0.15, 0.2) is 0 Å². The Morgan fingerprint density at radius 3 is 2.88 bits per heavy atom. The number of carbonyl (C=O) groups is 1. The fourth-order valence-corrected chi connectivity index (χ4v) is 2.62. The van der Waals surface area contributed by atoms with Crippen LogP contribution in [0.25, 0.3) is 0 Å². The second kappa shape index (κ2) is 7.04. The molecule has 16 heavy (non-hydrogen) atoms. The number of hydrogen-bond donors (Lipinski definition) is 2. The Balaban J connectivity index is 2.13. The number of hydrogen-bond acceptors (Lipinski definition) is 3. The molecule has 0 bridgehead atoms. The van der Waals surface area contributed by atoms with E-state index in [2.05, 4.69) is 38.0 Å². The zero-order valence-corrected chi connectivity index (χ0v) is 12.0. The van der Waals surface area contributed by atoms with E-state index in [1.54, 1.807) is 11.3 Å². The van der Waals surface area contributed by atoms with Crippen LogP contribution in [0.1, 0.15) is 18.7 Å². The number of carbonyl (C=O) groups excluding carboxylic acids is 1. The van der Waals surface area contributed by atoms with Crippen LogP contribution in [0.15, 0.2) is 15.9 Å². The quantitative estimate of drug-likeness (QED) is 0.846. The average Bonchev–Trinajstić information content (AvgIpc) is 2.61. The van der Waals surface area contributed by atoms with E-state index in [4.69, 9.17) is 0 Å². The minimum Gasteiger partial charge on any atom is -0.355 e. The van der Waals surface area contributed by atoms with Crippen LogP contribution in [-0.4, -0.2) is 25.0 Å². The topological polar surface area (TPSA) is 41.1 Å². The number of thiophene rings is 1. The summed E-state index contributed by atoms with van der Waals surface area (Å²) in [4.78, 5) is 12.6. The van der Waals surface area contributed by atoms with Gasteiger partial charge in [-0.2, -0.15) is 0 Å². The Hall–Kier alpha value is -0.390. The Kier molecular flexibility index (Phi) is 6.01. The number of amides is 1. The molecule has 0 fully saturated rings. The molecule has 0 aliphatic heterocycles. The first-order valence-corrected chi connectivity index (χ1v) is 6.98. The average molecular weight is 305 g/mol. The summed E-state index contributed by atoms with van der Waals surface area (Å²) in [5.41, 5.74) is 0. The molecule has 3 nitrogen and oxygen atoms in total. The van der Waals surface area contributed by atoms with E-state index in [1.165, 1.54) is 4.88 Å². The van der Waals surface area contributed by atoms with Crippen molar-refractivity contribution in [3.8, 4) is 0 Å². The van der Waals surface area contributed by atoms with Gasteiger partial charge in [0.1, 0.15) is 0 Å². The molecule has 0 radical (unpaired) electrons. The second-order valence-corrected chi connectivity index (χ2v) is 5.78. The molecule has 0 saturated carbocycles. The van der Waals surface area contributed by atoms with Crippen molar-refractivity contribution in [2.75, 3.05) is 13.1 Å². The van der Waals surface area contributed by atoms with Crippen molar-refractivity contribution in [2.24, 2.45) is 0 Å². The first-order chi connectivity index (χ1) is 7.58. The van der Waals surface area contributed by atoms with Gasteiger partial charge in [0, 0.05) is 27.3 Å². The molecule has 0 saturated heterocycles. The normalized spacial score (nSPS) is 10.8. The Morgan fingerprint density at radius 1 is 1.56 bits per heavy atom. The highest BCUT2D eigenvalue weighted by molar-refractivity contribution is 9.10. The molecule has 1 rings (SSSR count). The van der Waals surface area contributed by atoms with Crippen molar-refractivity contribution >= 4 is 33.2 Å². The number of halogens is 1. The SMILES string of the molecule is CC(C)NCC(=O)NCCc1cc(Br)cs1. The van der Waals surface area contributed by atoms with Gasteiger partial charge in [0.05, 0.1) is 6.54 Å². The lowest BCUT2D eigenvalue weighted by atomic mass is 10.3. The standard InChI is InChI=1S/C11H17BrN2OS/c1-8(2)14-6-11(15)13-4-3-10-5-9(12)7-16-10/h5,7-8,14H,3-4,6H2,1-2H3,(H,13,15). The second-order valence-electron chi connectivity index (χ2n) is 3.87. The van der Waals surface area contributed by atoms with Crippen molar-refractivity contribution in [3.63, 3.8) is 0 Å². The molecule has 0 aliphatic carbocycles. The van der Waals surface area contributed by atoms with Crippen molar-refractivity contribution < 1.29 is 4.79 Å². The lowest BCUT2D eigenvalue weighted by Gasteiger charge is -2.08. The van der Waals surface area contributed by atoms with Crippen LogP contribution in [-0.2, 0) is 11.2 Å². The van der Waals surface area contributed by atoms with Gasteiger partial charge in [-0.15, -0.1) is 11.3 Å². The van der Waals surface area contributed by atoms with Gasteiger partial charge < -0.3 is 10.6 Å². The van der Waals surface area contributed by atoms with E-state index in [1.807, 2.05) is 13.8 Å². The third-order valence-corrected chi connectivity index (χ3v) is 3.74. The predicted octanol–water partition coefficient (Wildman–Crippen LogP) is 2.17. The summed E-state index contributed by atoms with van der Waals surface area (Å²) in [5, 5.41) is 8.02. The Bertz CT molecular complexity index is 338. The monoisotopic (exact) mass is 304 g/mol.